The Bertz CT molecular complexity index is 1340. The highest BCUT2D eigenvalue weighted by Crippen LogP contribution is 2.38. The zero-order chi connectivity index (χ0) is 26.4. The van der Waals surface area contributed by atoms with Crippen LogP contribution >= 0.6 is 0 Å². The number of ether oxygens (including phenoxy) is 3. The standard InChI is InChI=1S/C28H29N5O4/c1-5-14-36-27-16-25-24(15-26(27)35-4)28(21(17-29)18-30-25)31-10-12-32(13-11-31)33(19-34)22-6-8-23(9-7-22)37-20(2)3/h1,6-9,15-16,18-20H,10-14H2,2-4H3. The molecule has 1 aliphatic heterocycles. The van der Waals surface area contributed by atoms with Crippen LogP contribution in [0.2, 0.25) is 0 Å². The Morgan fingerprint density at radius 1 is 1.16 bits per heavy atom. The number of carbonyl (C=O) groups is 1. The molecule has 1 fully saturated rings. The van der Waals surface area contributed by atoms with Gasteiger partial charge in [-0.3, -0.25) is 9.78 Å². The molecular formula is C28H29N5O4. The monoisotopic (exact) mass is 499 g/mol. The fraction of sp³-hybridized carbons (Fsp3) is 0.321. The molecule has 9 nitrogen and oxygen atoms in total. The van der Waals surface area contributed by atoms with Gasteiger partial charge in [-0.15, -0.1) is 6.42 Å². The summed E-state index contributed by atoms with van der Waals surface area (Å²) in [6.45, 7) is 6.41. The number of hydrazine groups is 1. The van der Waals surface area contributed by atoms with Crippen LogP contribution in [0.1, 0.15) is 19.4 Å². The zero-order valence-corrected chi connectivity index (χ0v) is 21.2. The summed E-state index contributed by atoms with van der Waals surface area (Å²) in [6, 6.07) is 13.3. The van der Waals surface area contributed by atoms with Gasteiger partial charge in [0.1, 0.15) is 18.4 Å². The number of terminal acetylenes is 1. The number of anilines is 2. The molecule has 1 amide bonds. The van der Waals surface area contributed by atoms with Crippen LogP contribution in [0.15, 0.2) is 42.6 Å². The molecule has 1 aromatic heterocycles. The molecule has 190 valence electrons. The lowest BCUT2D eigenvalue weighted by Crippen LogP contribution is -2.54. The largest absolute Gasteiger partial charge is 0.493 e. The van der Waals surface area contributed by atoms with E-state index in [1.165, 1.54) is 0 Å². The van der Waals surface area contributed by atoms with E-state index < -0.39 is 0 Å². The zero-order valence-electron chi connectivity index (χ0n) is 21.2. The number of nitrogens with zero attached hydrogens (tertiary/aromatic N) is 5. The summed E-state index contributed by atoms with van der Waals surface area (Å²) < 4.78 is 16.8. The summed E-state index contributed by atoms with van der Waals surface area (Å²) in [6.07, 6.45) is 7.80. The van der Waals surface area contributed by atoms with Crippen molar-refractivity contribution >= 4 is 28.7 Å². The van der Waals surface area contributed by atoms with Crippen LogP contribution in [0.25, 0.3) is 10.9 Å². The Hall–Kier alpha value is -4.47. The van der Waals surface area contributed by atoms with Crippen molar-refractivity contribution < 1.29 is 19.0 Å². The molecule has 1 saturated heterocycles. The van der Waals surface area contributed by atoms with E-state index in [2.05, 4.69) is 21.9 Å². The summed E-state index contributed by atoms with van der Waals surface area (Å²) in [5.74, 6) is 4.21. The van der Waals surface area contributed by atoms with Crippen LogP contribution in [-0.2, 0) is 4.79 Å². The molecule has 9 heteroatoms. The second kappa shape index (κ2) is 11.5. The van der Waals surface area contributed by atoms with E-state index in [-0.39, 0.29) is 12.7 Å². The summed E-state index contributed by atoms with van der Waals surface area (Å²) in [5, 5.41) is 14.2. The molecule has 0 spiro atoms. The molecule has 0 saturated carbocycles. The van der Waals surface area contributed by atoms with Gasteiger partial charge < -0.3 is 19.1 Å². The van der Waals surface area contributed by atoms with E-state index >= 15 is 0 Å². The van der Waals surface area contributed by atoms with Gasteiger partial charge in [-0.2, -0.15) is 5.26 Å². The van der Waals surface area contributed by atoms with E-state index in [1.807, 2.05) is 49.2 Å². The highest BCUT2D eigenvalue weighted by atomic mass is 16.5. The third-order valence-corrected chi connectivity index (χ3v) is 6.01. The average Bonchev–Trinajstić information content (AvgIpc) is 2.92. The first-order chi connectivity index (χ1) is 18.0. The van der Waals surface area contributed by atoms with Crippen molar-refractivity contribution in [3.8, 4) is 35.7 Å². The van der Waals surface area contributed by atoms with Gasteiger partial charge in [-0.05, 0) is 44.2 Å². The fourth-order valence-electron chi connectivity index (χ4n) is 4.38. The minimum atomic E-state index is 0.0747. The number of amides is 1. The van der Waals surface area contributed by atoms with Gasteiger partial charge in [0, 0.05) is 43.8 Å². The minimum absolute atomic E-state index is 0.0747. The second-order valence-corrected chi connectivity index (χ2v) is 8.70. The van der Waals surface area contributed by atoms with E-state index in [0.29, 0.717) is 48.8 Å². The van der Waals surface area contributed by atoms with Gasteiger partial charge in [-0.1, -0.05) is 5.92 Å². The van der Waals surface area contributed by atoms with Crippen LogP contribution < -0.4 is 24.1 Å². The van der Waals surface area contributed by atoms with Crippen molar-refractivity contribution in [3.63, 3.8) is 0 Å². The molecule has 0 unspecified atom stereocenters. The third kappa shape index (κ3) is 5.53. The molecule has 0 N–H and O–H groups in total. The van der Waals surface area contributed by atoms with E-state index in [4.69, 9.17) is 20.6 Å². The molecule has 37 heavy (non-hydrogen) atoms. The molecule has 3 aromatic rings. The number of hydrogen-bond acceptors (Lipinski definition) is 8. The predicted molar refractivity (Wildman–Crippen MR) is 142 cm³/mol. The Labute approximate surface area is 216 Å². The average molecular weight is 500 g/mol. The van der Waals surface area contributed by atoms with Crippen LogP contribution in [0.4, 0.5) is 11.4 Å². The number of rotatable bonds is 9. The maximum atomic E-state index is 12.0. The third-order valence-electron chi connectivity index (χ3n) is 6.01. The predicted octanol–water partition coefficient (Wildman–Crippen LogP) is 3.61. The summed E-state index contributed by atoms with van der Waals surface area (Å²) in [7, 11) is 1.55. The summed E-state index contributed by atoms with van der Waals surface area (Å²) in [4.78, 5) is 18.6. The van der Waals surface area contributed by atoms with Crippen molar-refractivity contribution in [1.82, 2.24) is 9.99 Å². The Morgan fingerprint density at radius 3 is 2.49 bits per heavy atom. The number of pyridine rings is 1. The summed E-state index contributed by atoms with van der Waals surface area (Å²) in [5.41, 5.74) is 2.67. The first-order valence-corrected chi connectivity index (χ1v) is 12.0. The lowest BCUT2D eigenvalue weighted by molar-refractivity contribution is -0.110. The number of hydrogen-bond donors (Lipinski definition) is 0. The quantitative estimate of drug-likeness (QED) is 0.326. The van der Waals surface area contributed by atoms with Crippen LogP contribution in [0.3, 0.4) is 0 Å². The maximum Gasteiger partial charge on any atom is 0.228 e. The van der Waals surface area contributed by atoms with Gasteiger partial charge >= 0.3 is 0 Å². The first kappa shape index (κ1) is 25.6. The number of benzene rings is 2. The fourth-order valence-corrected chi connectivity index (χ4v) is 4.38. The topological polar surface area (TPSA) is 91.2 Å². The van der Waals surface area contributed by atoms with E-state index in [0.717, 1.165) is 28.9 Å². The van der Waals surface area contributed by atoms with Crippen LogP contribution in [0, 0.1) is 23.7 Å². The number of piperazine rings is 1. The lowest BCUT2D eigenvalue weighted by Gasteiger charge is -2.40. The molecule has 2 aromatic carbocycles. The van der Waals surface area contributed by atoms with Gasteiger partial charge in [0.15, 0.2) is 11.5 Å². The second-order valence-electron chi connectivity index (χ2n) is 8.70. The van der Waals surface area contributed by atoms with Crippen molar-refractivity contribution in [3.05, 3.63) is 48.2 Å². The normalized spacial score (nSPS) is 13.6. The number of nitriles is 1. The van der Waals surface area contributed by atoms with E-state index in [9.17, 15) is 10.1 Å². The van der Waals surface area contributed by atoms with Crippen LogP contribution in [-0.4, -0.2) is 62.4 Å². The van der Waals surface area contributed by atoms with Crippen molar-refractivity contribution in [2.75, 3.05) is 49.8 Å². The Morgan fingerprint density at radius 2 is 1.89 bits per heavy atom. The molecular weight excluding hydrogens is 470 g/mol. The van der Waals surface area contributed by atoms with Gasteiger partial charge in [0.25, 0.3) is 0 Å². The number of methoxy groups -OCH3 is 1. The van der Waals surface area contributed by atoms with Gasteiger partial charge in [-0.25, -0.2) is 10.0 Å². The smallest absolute Gasteiger partial charge is 0.228 e. The highest BCUT2D eigenvalue weighted by Gasteiger charge is 2.26. The number of aromatic nitrogens is 1. The molecule has 0 bridgehead atoms. The molecule has 1 aliphatic rings. The van der Waals surface area contributed by atoms with Crippen molar-refractivity contribution in [2.24, 2.45) is 0 Å². The Balaban J connectivity index is 1.57. The van der Waals surface area contributed by atoms with Gasteiger partial charge in [0.2, 0.25) is 6.41 Å². The maximum absolute atomic E-state index is 12.0. The number of fused-ring (bicyclic) bond motifs is 1. The number of carbonyl (C=O) groups excluding carboxylic acids is 1. The summed E-state index contributed by atoms with van der Waals surface area (Å²) >= 11 is 0. The first-order valence-electron chi connectivity index (χ1n) is 12.0. The highest BCUT2D eigenvalue weighted by molar-refractivity contribution is 5.96. The molecule has 2 heterocycles. The van der Waals surface area contributed by atoms with Crippen molar-refractivity contribution in [2.45, 2.75) is 20.0 Å². The molecule has 0 radical (unpaired) electrons. The lowest BCUT2D eigenvalue weighted by atomic mass is 10.1. The van der Waals surface area contributed by atoms with Crippen molar-refractivity contribution in [1.29, 1.82) is 5.26 Å². The van der Waals surface area contributed by atoms with Gasteiger partial charge in [0.05, 0.1) is 35.7 Å². The molecule has 0 atom stereocenters. The minimum Gasteiger partial charge on any atom is -0.493 e. The van der Waals surface area contributed by atoms with E-state index in [1.54, 1.807) is 24.4 Å². The van der Waals surface area contributed by atoms with Crippen LogP contribution in [0.5, 0.6) is 17.2 Å². The Kier molecular flexibility index (Phi) is 7.97. The molecule has 4 rings (SSSR count). The molecule has 0 aliphatic carbocycles. The SMILES string of the molecule is C#CCOc1cc2ncc(C#N)c(N3CCN(N(C=O)c4ccc(OC(C)C)cc4)CC3)c2cc1OC.